The van der Waals surface area contributed by atoms with Crippen molar-refractivity contribution in [2.24, 2.45) is 5.73 Å². The first-order valence-electron chi connectivity index (χ1n) is 7.45. The average molecular weight is 325 g/mol. The Bertz CT molecular complexity index is 544. The van der Waals surface area contributed by atoms with E-state index in [1.807, 2.05) is 0 Å². The van der Waals surface area contributed by atoms with Gasteiger partial charge in [0.25, 0.3) is 0 Å². The molecule has 0 aliphatic heterocycles. The second kappa shape index (κ2) is 8.00. The molecule has 1 aliphatic rings. The fourth-order valence-electron chi connectivity index (χ4n) is 2.50. The number of halogens is 1. The van der Waals surface area contributed by atoms with Gasteiger partial charge < -0.3 is 21.7 Å². The van der Waals surface area contributed by atoms with E-state index in [1.54, 1.807) is 18.2 Å². The molecule has 0 saturated heterocycles. The summed E-state index contributed by atoms with van der Waals surface area (Å²) < 4.78 is 0. The molecule has 0 atom stereocenters. The lowest BCUT2D eigenvalue weighted by atomic mass is 9.96. The Hall–Kier alpha value is -1.79. The van der Waals surface area contributed by atoms with Crippen LogP contribution in [0.2, 0.25) is 5.02 Å². The number of hydrogen-bond donors (Lipinski definition) is 4. The maximum Gasteiger partial charge on any atom is 0.319 e. The van der Waals surface area contributed by atoms with Gasteiger partial charge in [0.2, 0.25) is 5.91 Å². The van der Waals surface area contributed by atoms with Crippen LogP contribution in [-0.4, -0.2) is 24.5 Å². The van der Waals surface area contributed by atoms with E-state index < -0.39 is 0 Å². The number of rotatable bonds is 4. The summed E-state index contributed by atoms with van der Waals surface area (Å²) in [6, 6.07) is 4.89. The van der Waals surface area contributed by atoms with Crippen LogP contribution in [0.5, 0.6) is 0 Å². The third-order valence-electron chi connectivity index (χ3n) is 3.62. The number of nitrogens with one attached hydrogen (secondary N) is 3. The van der Waals surface area contributed by atoms with Gasteiger partial charge in [-0.3, -0.25) is 4.79 Å². The van der Waals surface area contributed by atoms with Crippen molar-refractivity contribution in [2.75, 3.05) is 17.2 Å². The van der Waals surface area contributed by atoms with Crippen LogP contribution in [0.15, 0.2) is 18.2 Å². The fourth-order valence-corrected chi connectivity index (χ4v) is 2.66. The number of hydrogen-bond acceptors (Lipinski definition) is 3. The maximum absolute atomic E-state index is 12.0. The first-order chi connectivity index (χ1) is 10.6. The minimum atomic E-state index is -0.342. The van der Waals surface area contributed by atoms with E-state index >= 15 is 0 Å². The average Bonchev–Trinajstić information content (AvgIpc) is 2.51. The van der Waals surface area contributed by atoms with E-state index in [4.69, 9.17) is 17.3 Å². The molecule has 0 aromatic heterocycles. The summed E-state index contributed by atoms with van der Waals surface area (Å²) in [5.74, 6) is -0.342. The van der Waals surface area contributed by atoms with Crippen LogP contribution in [0.1, 0.15) is 32.1 Å². The molecule has 0 radical (unpaired) electrons. The lowest BCUT2D eigenvalue weighted by molar-refractivity contribution is -0.114. The molecule has 3 amide bonds. The maximum atomic E-state index is 12.0. The molecule has 0 spiro atoms. The molecule has 1 aliphatic carbocycles. The summed E-state index contributed by atoms with van der Waals surface area (Å²) in [6.07, 6.45) is 5.58. The zero-order chi connectivity index (χ0) is 15.9. The van der Waals surface area contributed by atoms with Crippen molar-refractivity contribution < 1.29 is 9.59 Å². The van der Waals surface area contributed by atoms with Crippen molar-refractivity contribution in [3.63, 3.8) is 0 Å². The van der Waals surface area contributed by atoms with E-state index in [-0.39, 0.29) is 24.5 Å². The largest absolute Gasteiger partial charge is 0.335 e. The highest BCUT2D eigenvalue weighted by Gasteiger charge is 2.16. The Morgan fingerprint density at radius 3 is 2.59 bits per heavy atom. The predicted molar refractivity (Wildman–Crippen MR) is 88.2 cm³/mol. The summed E-state index contributed by atoms with van der Waals surface area (Å²) in [5, 5.41) is 8.70. The van der Waals surface area contributed by atoms with E-state index in [9.17, 15) is 9.59 Å². The van der Waals surface area contributed by atoms with Crippen LogP contribution < -0.4 is 21.7 Å². The summed E-state index contributed by atoms with van der Waals surface area (Å²) in [5.41, 5.74) is 6.24. The Kier molecular flexibility index (Phi) is 6.03. The number of benzene rings is 1. The first kappa shape index (κ1) is 16.6. The third kappa shape index (κ3) is 4.89. The molecular formula is C15H21ClN4O2. The molecule has 5 N–H and O–H groups in total. The molecule has 1 aromatic rings. The number of nitrogens with two attached hydrogens (primary N) is 1. The van der Waals surface area contributed by atoms with Crippen molar-refractivity contribution in [3.8, 4) is 0 Å². The minimum Gasteiger partial charge on any atom is -0.335 e. The summed E-state index contributed by atoms with van der Waals surface area (Å²) in [7, 11) is 0. The van der Waals surface area contributed by atoms with Crippen LogP contribution in [0, 0.1) is 0 Å². The van der Waals surface area contributed by atoms with Crippen molar-refractivity contribution in [3.05, 3.63) is 23.2 Å². The lowest BCUT2D eigenvalue weighted by Crippen LogP contribution is -2.39. The summed E-state index contributed by atoms with van der Waals surface area (Å²) >= 11 is 6.01. The molecule has 6 nitrogen and oxygen atoms in total. The quantitative estimate of drug-likeness (QED) is 0.685. The monoisotopic (exact) mass is 324 g/mol. The normalized spacial score (nSPS) is 15.2. The first-order valence-corrected chi connectivity index (χ1v) is 7.83. The van der Waals surface area contributed by atoms with Gasteiger partial charge in [-0.2, -0.15) is 0 Å². The van der Waals surface area contributed by atoms with Crippen molar-refractivity contribution >= 4 is 34.9 Å². The van der Waals surface area contributed by atoms with Gasteiger partial charge >= 0.3 is 6.03 Å². The van der Waals surface area contributed by atoms with E-state index in [1.165, 1.54) is 6.42 Å². The van der Waals surface area contributed by atoms with Gasteiger partial charge in [0.15, 0.2) is 0 Å². The Balaban J connectivity index is 1.95. The SMILES string of the molecule is NCC(=O)Nc1cc(NC(=O)NC2CCCCC2)ccc1Cl. The number of carbonyl (C=O) groups is 2. The Morgan fingerprint density at radius 1 is 1.18 bits per heavy atom. The lowest BCUT2D eigenvalue weighted by Gasteiger charge is -2.23. The predicted octanol–water partition coefficient (Wildman–Crippen LogP) is 2.69. The standard InChI is InChI=1S/C15H21ClN4O2/c16-12-7-6-11(8-13(12)20-14(21)9-17)19-15(22)18-10-4-2-1-3-5-10/h6-8,10H,1-5,9,17H2,(H,20,21)(H2,18,19,22). The molecule has 1 aromatic carbocycles. The highest BCUT2D eigenvalue weighted by atomic mass is 35.5. The molecule has 22 heavy (non-hydrogen) atoms. The molecule has 1 fully saturated rings. The van der Waals surface area contributed by atoms with Gasteiger partial charge in [-0.1, -0.05) is 30.9 Å². The minimum absolute atomic E-state index is 0.129. The second-order valence-electron chi connectivity index (χ2n) is 5.38. The van der Waals surface area contributed by atoms with Crippen LogP contribution in [-0.2, 0) is 4.79 Å². The highest BCUT2D eigenvalue weighted by molar-refractivity contribution is 6.33. The Morgan fingerprint density at radius 2 is 1.91 bits per heavy atom. The summed E-state index contributed by atoms with van der Waals surface area (Å²) in [6.45, 7) is -0.129. The fraction of sp³-hybridized carbons (Fsp3) is 0.467. The number of carbonyl (C=O) groups excluding carboxylic acids is 2. The molecule has 1 saturated carbocycles. The molecule has 0 unspecified atom stereocenters. The van der Waals surface area contributed by atoms with E-state index in [0.29, 0.717) is 16.4 Å². The zero-order valence-corrected chi connectivity index (χ0v) is 13.1. The van der Waals surface area contributed by atoms with Gasteiger partial charge in [0, 0.05) is 11.7 Å². The molecular weight excluding hydrogens is 304 g/mol. The number of anilines is 2. The van der Waals surface area contributed by atoms with Gasteiger partial charge in [0.1, 0.15) is 0 Å². The van der Waals surface area contributed by atoms with Gasteiger partial charge in [-0.15, -0.1) is 0 Å². The third-order valence-corrected chi connectivity index (χ3v) is 3.95. The second-order valence-corrected chi connectivity index (χ2v) is 5.79. The number of urea groups is 1. The van der Waals surface area contributed by atoms with Gasteiger partial charge in [-0.25, -0.2) is 4.79 Å². The topological polar surface area (TPSA) is 96.2 Å². The molecule has 7 heteroatoms. The van der Waals surface area contributed by atoms with Crippen LogP contribution >= 0.6 is 11.6 Å². The van der Waals surface area contributed by atoms with E-state index in [2.05, 4.69) is 16.0 Å². The highest BCUT2D eigenvalue weighted by Crippen LogP contribution is 2.25. The van der Waals surface area contributed by atoms with Crippen LogP contribution in [0.4, 0.5) is 16.2 Å². The van der Waals surface area contributed by atoms with Crippen molar-refractivity contribution in [1.29, 1.82) is 0 Å². The Labute approximate surface area is 134 Å². The molecule has 0 heterocycles. The molecule has 2 rings (SSSR count). The molecule has 120 valence electrons. The molecule has 0 bridgehead atoms. The van der Waals surface area contributed by atoms with Crippen LogP contribution in [0.25, 0.3) is 0 Å². The van der Waals surface area contributed by atoms with Gasteiger partial charge in [0.05, 0.1) is 17.3 Å². The van der Waals surface area contributed by atoms with Crippen molar-refractivity contribution in [2.45, 2.75) is 38.1 Å². The smallest absolute Gasteiger partial charge is 0.319 e. The van der Waals surface area contributed by atoms with Crippen LogP contribution in [0.3, 0.4) is 0 Å². The number of amides is 3. The van der Waals surface area contributed by atoms with Crippen molar-refractivity contribution in [1.82, 2.24) is 5.32 Å². The zero-order valence-electron chi connectivity index (χ0n) is 12.3. The van der Waals surface area contributed by atoms with Gasteiger partial charge in [-0.05, 0) is 31.0 Å². The summed E-state index contributed by atoms with van der Waals surface area (Å²) in [4.78, 5) is 23.3. The van der Waals surface area contributed by atoms with E-state index in [0.717, 1.165) is 25.7 Å².